The molecule has 5 heteroatoms. The van der Waals surface area contributed by atoms with Gasteiger partial charge >= 0.3 is 0 Å². The lowest BCUT2D eigenvalue weighted by molar-refractivity contribution is 0.481. The Hall–Kier alpha value is -1.33. The molecule has 112 valence electrons. The van der Waals surface area contributed by atoms with E-state index in [0.29, 0.717) is 22.9 Å². The van der Waals surface area contributed by atoms with Gasteiger partial charge in [0.15, 0.2) is 11.6 Å². The summed E-state index contributed by atoms with van der Waals surface area (Å²) in [4.78, 5) is 0. The van der Waals surface area contributed by atoms with Crippen LogP contribution in [0.15, 0.2) is 40.9 Å². The fourth-order valence-corrected chi connectivity index (χ4v) is 2.65. The molecule has 0 saturated carbocycles. The molecule has 1 unspecified atom stereocenters. The lowest BCUT2D eigenvalue weighted by Gasteiger charge is -2.18. The van der Waals surface area contributed by atoms with E-state index in [4.69, 9.17) is 0 Å². The van der Waals surface area contributed by atoms with Crippen LogP contribution in [0, 0.1) is 17.5 Å². The fourth-order valence-electron chi connectivity index (χ4n) is 2.22. The van der Waals surface area contributed by atoms with Gasteiger partial charge < -0.3 is 5.32 Å². The van der Waals surface area contributed by atoms with Crippen LogP contribution in [0.5, 0.6) is 0 Å². The minimum absolute atomic E-state index is 0.126. The van der Waals surface area contributed by atoms with Gasteiger partial charge in [-0.1, -0.05) is 24.3 Å². The van der Waals surface area contributed by atoms with Crippen LogP contribution in [-0.4, -0.2) is 13.1 Å². The van der Waals surface area contributed by atoms with Crippen molar-refractivity contribution in [3.63, 3.8) is 0 Å². The first-order chi connectivity index (χ1) is 10.0. The normalized spacial score (nSPS) is 12.4. The fraction of sp³-hybridized carbons (Fsp3) is 0.250. The third-order valence-corrected chi connectivity index (χ3v) is 4.29. The summed E-state index contributed by atoms with van der Waals surface area (Å²) in [5, 5.41) is 3.06. The molecular weight excluding hydrogens is 343 g/mol. The Balaban J connectivity index is 2.17. The van der Waals surface area contributed by atoms with Crippen LogP contribution in [-0.2, 0) is 12.8 Å². The van der Waals surface area contributed by atoms with Crippen LogP contribution in [0.25, 0.3) is 0 Å². The Morgan fingerprint density at radius 2 is 1.52 bits per heavy atom. The van der Waals surface area contributed by atoms with Gasteiger partial charge in [0.1, 0.15) is 5.82 Å². The molecule has 0 spiro atoms. The van der Waals surface area contributed by atoms with Gasteiger partial charge in [-0.15, -0.1) is 0 Å². The highest BCUT2D eigenvalue weighted by Crippen LogP contribution is 2.23. The van der Waals surface area contributed by atoms with Gasteiger partial charge in [0.05, 0.1) is 4.47 Å². The topological polar surface area (TPSA) is 12.0 Å². The molecule has 0 amide bonds. The molecule has 0 saturated heterocycles. The zero-order valence-corrected chi connectivity index (χ0v) is 13.1. The molecule has 2 rings (SSSR count). The third-order valence-electron chi connectivity index (χ3n) is 3.40. The number of likely N-dealkylation sites (N-methyl/N-ethyl adjacent to an activating group) is 1. The zero-order chi connectivity index (χ0) is 15.4. The summed E-state index contributed by atoms with van der Waals surface area (Å²) in [5.74, 6) is -2.01. The van der Waals surface area contributed by atoms with Crippen LogP contribution in [0.3, 0.4) is 0 Å². The van der Waals surface area contributed by atoms with E-state index in [9.17, 15) is 13.2 Å². The van der Waals surface area contributed by atoms with E-state index in [2.05, 4.69) is 21.2 Å². The molecule has 1 N–H and O–H groups in total. The van der Waals surface area contributed by atoms with Crippen LogP contribution < -0.4 is 5.32 Å². The average Bonchev–Trinajstić information content (AvgIpc) is 2.47. The van der Waals surface area contributed by atoms with Crippen LogP contribution >= 0.6 is 15.9 Å². The van der Waals surface area contributed by atoms with Gasteiger partial charge in [-0.3, -0.25) is 0 Å². The maximum absolute atomic E-state index is 13.7. The van der Waals surface area contributed by atoms with E-state index < -0.39 is 11.6 Å². The second kappa shape index (κ2) is 7.09. The van der Waals surface area contributed by atoms with E-state index >= 15 is 0 Å². The number of benzene rings is 2. The van der Waals surface area contributed by atoms with E-state index in [0.717, 1.165) is 11.6 Å². The van der Waals surface area contributed by atoms with Crippen molar-refractivity contribution in [1.29, 1.82) is 0 Å². The molecule has 0 aliphatic carbocycles. The molecule has 2 aromatic rings. The number of hydrogen-bond donors (Lipinski definition) is 1. The molecular formula is C16H15BrF3N. The van der Waals surface area contributed by atoms with E-state index in [1.54, 1.807) is 25.2 Å². The summed E-state index contributed by atoms with van der Waals surface area (Å²) in [5.41, 5.74) is 1.09. The van der Waals surface area contributed by atoms with Crippen LogP contribution in [0.2, 0.25) is 0 Å². The van der Waals surface area contributed by atoms with Crippen molar-refractivity contribution in [3.05, 3.63) is 69.4 Å². The highest BCUT2D eigenvalue weighted by Gasteiger charge is 2.16. The molecule has 0 radical (unpaired) electrons. The van der Waals surface area contributed by atoms with Gasteiger partial charge in [0.25, 0.3) is 0 Å². The maximum Gasteiger partial charge on any atom is 0.162 e. The lowest BCUT2D eigenvalue weighted by atomic mass is 9.98. The number of hydrogen-bond acceptors (Lipinski definition) is 1. The number of nitrogens with one attached hydrogen (secondary N) is 1. The van der Waals surface area contributed by atoms with Crippen molar-refractivity contribution < 1.29 is 13.2 Å². The second-order valence-corrected chi connectivity index (χ2v) is 5.61. The molecule has 1 nitrogen and oxygen atoms in total. The van der Waals surface area contributed by atoms with Crippen molar-refractivity contribution in [3.8, 4) is 0 Å². The monoisotopic (exact) mass is 357 g/mol. The predicted octanol–water partition coefficient (Wildman–Crippen LogP) is 4.24. The standard InChI is InChI=1S/C16H15BrF3N/c1-21-12(8-10-4-2-6-13(18)15(10)17)9-11-5-3-7-14(19)16(11)20/h2-7,12,21H,8-9H2,1H3. The molecule has 0 aromatic heterocycles. The minimum atomic E-state index is -0.853. The summed E-state index contributed by atoms with van der Waals surface area (Å²) in [6.07, 6.45) is 0.827. The molecule has 0 aliphatic heterocycles. The Kier molecular flexibility index (Phi) is 5.42. The molecule has 1 atom stereocenters. The molecule has 0 fully saturated rings. The Morgan fingerprint density at radius 1 is 0.952 bits per heavy atom. The van der Waals surface area contributed by atoms with Crippen LogP contribution in [0.1, 0.15) is 11.1 Å². The average molecular weight is 358 g/mol. The molecule has 0 bridgehead atoms. The zero-order valence-electron chi connectivity index (χ0n) is 11.5. The molecule has 21 heavy (non-hydrogen) atoms. The van der Waals surface area contributed by atoms with Crippen molar-refractivity contribution in [2.75, 3.05) is 7.05 Å². The number of rotatable bonds is 5. The van der Waals surface area contributed by atoms with Gasteiger partial charge in [-0.05, 0) is 59.1 Å². The van der Waals surface area contributed by atoms with Gasteiger partial charge in [0.2, 0.25) is 0 Å². The lowest BCUT2D eigenvalue weighted by Crippen LogP contribution is -2.30. The second-order valence-electron chi connectivity index (χ2n) is 4.82. The third kappa shape index (κ3) is 3.86. The summed E-state index contributed by atoms with van der Waals surface area (Å²) in [7, 11) is 1.75. The quantitative estimate of drug-likeness (QED) is 0.843. The number of halogens is 4. The smallest absolute Gasteiger partial charge is 0.162 e. The molecule has 0 aliphatic rings. The Bertz CT molecular complexity index is 577. The summed E-state index contributed by atoms with van der Waals surface area (Å²) in [6.45, 7) is 0. The van der Waals surface area contributed by atoms with Gasteiger partial charge in [-0.25, -0.2) is 13.2 Å². The first-order valence-corrected chi connectivity index (χ1v) is 7.35. The van der Waals surface area contributed by atoms with Crippen molar-refractivity contribution in [1.82, 2.24) is 5.32 Å². The summed E-state index contributed by atoms with van der Waals surface area (Å²) >= 11 is 3.21. The SMILES string of the molecule is CNC(Cc1cccc(F)c1F)Cc1cccc(F)c1Br. The van der Waals surface area contributed by atoms with Gasteiger partial charge in [0, 0.05) is 6.04 Å². The summed E-state index contributed by atoms with van der Waals surface area (Å²) in [6, 6.07) is 8.82. The van der Waals surface area contributed by atoms with Crippen LogP contribution in [0.4, 0.5) is 13.2 Å². The molecule has 2 aromatic carbocycles. The molecule has 0 heterocycles. The van der Waals surface area contributed by atoms with E-state index in [-0.39, 0.29) is 11.9 Å². The van der Waals surface area contributed by atoms with Crippen molar-refractivity contribution >= 4 is 15.9 Å². The first-order valence-electron chi connectivity index (χ1n) is 6.56. The van der Waals surface area contributed by atoms with Crippen molar-refractivity contribution in [2.24, 2.45) is 0 Å². The summed E-state index contributed by atoms with van der Waals surface area (Å²) < 4.78 is 40.8. The minimum Gasteiger partial charge on any atom is -0.316 e. The Labute approximate surface area is 130 Å². The van der Waals surface area contributed by atoms with E-state index in [1.165, 1.54) is 12.1 Å². The highest BCUT2D eigenvalue weighted by atomic mass is 79.9. The first kappa shape index (κ1) is 16.0. The maximum atomic E-state index is 13.7. The predicted molar refractivity (Wildman–Crippen MR) is 80.7 cm³/mol. The van der Waals surface area contributed by atoms with E-state index in [1.807, 2.05) is 0 Å². The van der Waals surface area contributed by atoms with Crippen molar-refractivity contribution in [2.45, 2.75) is 18.9 Å². The Morgan fingerprint density at radius 3 is 2.19 bits per heavy atom. The highest BCUT2D eigenvalue weighted by molar-refractivity contribution is 9.10. The van der Waals surface area contributed by atoms with Gasteiger partial charge in [-0.2, -0.15) is 0 Å². The largest absolute Gasteiger partial charge is 0.316 e.